The lowest BCUT2D eigenvalue weighted by molar-refractivity contribution is -0.313. The maximum Gasteiger partial charge on any atom is 0.228 e. The summed E-state index contributed by atoms with van der Waals surface area (Å²) < 4.78 is 0. The Balaban J connectivity index is 1.69. The molecule has 4 heteroatoms. The second kappa shape index (κ2) is 7.30. The van der Waals surface area contributed by atoms with Gasteiger partial charge in [0.05, 0.1) is 0 Å². The summed E-state index contributed by atoms with van der Waals surface area (Å²) in [4.78, 5) is 23.7. The fourth-order valence-corrected chi connectivity index (χ4v) is 3.34. The number of aliphatic carboxylic acids is 1. The number of benzene rings is 2. The Labute approximate surface area is 141 Å². The van der Waals surface area contributed by atoms with Crippen LogP contribution in [0, 0.1) is 11.8 Å². The van der Waals surface area contributed by atoms with Crippen LogP contribution in [0.3, 0.4) is 0 Å². The summed E-state index contributed by atoms with van der Waals surface area (Å²) in [6.07, 6.45) is 2.85. The number of rotatable bonds is 4. The first-order valence-corrected chi connectivity index (χ1v) is 8.32. The Kier molecular flexibility index (Phi) is 4.94. The standard InChI is InChI=1S/C20H21NO3/c22-19(17-8-4-5-9-18(17)20(23)24)21-16-12-10-15(11-13-16)14-6-2-1-3-7-14/h1-3,6-7,10-13,17-18H,4-5,8-9H2,(H,21,22)(H,23,24)/p-1/t17-,18-/m0/s1. The van der Waals surface area contributed by atoms with Gasteiger partial charge in [-0.25, -0.2) is 0 Å². The molecule has 0 aliphatic heterocycles. The first kappa shape index (κ1) is 16.2. The summed E-state index contributed by atoms with van der Waals surface area (Å²) in [6.45, 7) is 0. The molecule has 2 aromatic rings. The number of hydrogen-bond acceptors (Lipinski definition) is 3. The minimum absolute atomic E-state index is 0.226. The molecule has 3 rings (SSSR count). The molecule has 2 atom stereocenters. The quantitative estimate of drug-likeness (QED) is 0.941. The van der Waals surface area contributed by atoms with Crippen molar-refractivity contribution in [1.29, 1.82) is 0 Å². The lowest BCUT2D eigenvalue weighted by Gasteiger charge is -2.31. The summed E-state index contributed by atoms with van der Waals surface area (Å²) in [5.74, 6) is -2.52. The number of nitrogens with one attached hydrogen (secondary N) is 1. The van der Waals surface area contributed by atoms with E-state index >= 15 is 0 Å². The Bertz CT molecular complexity index is 709. The Hall–Kier alpha value is -2.62. The van der Waals surface area contributed by atoms with E-state index < -0.39 is 17.8 Å². The highest BCUT2D eigenvalue weighted by Crippen LogP contribution is 2.31. The van der Waals surface area contributed by atoms with E-state index in [1.807, 2.05) is 54.6 Å². The molecule has 0 unspecified atom stereocenters. The topological polar surface area (TPSA) is 69.2 Å². The van der Waals surface area contributed by atoms with Gasteiger partial charge in [0.25, 0.3) is 0 Å². The molecule has 0 saturated heterocycles. The van der Waals surface area contributed by atoms with E-state index in [4.69, 9.17) is 0 Å². The number of carboxylic acids is 1. The van der Waals surface area contributed by atoms with Crippen molar-refractivity contribution in [2.45, 2.75) is 25.7 Å². The van der Waals surface area contributed by atoms with Gasteiger partial charge in [-0.2, -0.15) is 0 Å². The zero-order valence-corrected chi connectivity index (χ0v) is 13.4. The molecule has 1 aliphatic rings. The second-order valence-corrected chi connectivity index (χ2v) is 6.25. The van der Waals surface area contributed by atoms with E-state index in [2.05, 4.69) is 5.32 Å². The van der Waals surface area contributed by atoms with Crippen LogP contribution >= 0.6 is 0 Å². The van der Waals surface area contributed by atoms with Gasteiger partial charge in [0.2, 0.25) is 5.91 Å². The van der Waals surface area contributed by atoms with E-state index in [9.17, 15) is 14.7 Å². The van der Waals surface area contributed by atoms with Gasteiger partial charge in [0.1, 0.15) is 0 Å². The van der Waals surface area contributed by atoms with Crippen molar-refractivity contribution < 1.29 is 14.7 Å². The third-order valence-corrected chi connectivity index (χ3v) is 4.67. The lowest BCUT2D eigenvalue weighted by atomic mass is 9.78. The van der Waals surface area contributed by atoms with E-state index in [0.717, 1.165) is 24.0 Å². The molecule has 24 heavy (non-hydrogen) atoms. The average molecular weight is 322 g/mol. The molecule has 2 aromatic carbocycles. The smallest absolute Gasteiger partial charge is 0.228 e. The minimum Gasteiger partial charge on any atom is -0.550 e. The van der Waals surface area contributed by atoms with Gasteiger partial charge in [-0.15, -0.1) is 0 Å². The number of hydrogen-bond donors (Lipinski definition) is 1. The monoisotopic (exact) mass is 322 g/mol. The first-order valence-electron chi connectivity index (χ1n) is 8.32. The largest absolute Gasteiger partial charge is 0.550 e. The summed E-state index contributed by atoms with van der Waals surface area (Å²) >= 11 is 0. The van der Waals surface area contributed by atoms with Crippen molar-refractivity contribution in [3.8, 4) is 11.1 Å². The lowest BCUT2D eigenvalue weighted by Crippen LogP contribution is -2.42. The van der Waals surface area contributed by atoms with Gasteiger partial charge >= 0.3 is 0 Å². The molecule has 4 nitrogen and oxygen atoms in total. The molecule has 1 amide bonds. The Morgan fingerprint density at radius 1 is 0.833 bits per heavy atom. The van der Waals surface area contributed by atoms with Crippen LogP contribution < -0.4 is 10.4 Å². The molecular weight excluding hydrogens is 302 g/mol. The molecule has 1 aliphatic carbocycles. The molecule has 1 fully saturated rings. The molecule has 0 radical (unpaired) electrons. The fraction of sp³-hybridized carbons (Fsp3) is 0.300. The van der Waals surface area contributed by atoms with Crippen LogP contribution in [0.1, 0.15) is 25.7 Å². The molecule has 124 valence electrons. The van der Waals surface area contributed by atoms with E-state index in [-0.39, 0.29) is 5.91 Å². The molecule has 0 heterocycles. The highest BCUT2D eigenvalue weighted by Gasteiger charge is 2.31. The molecule has 0 bridgehead atoms. The summed E-state index contributed by atoms with van der Waals surface area (Å²) in [5.41, 5.74) is 2.86. The number of carboxylic acid groups (broad SMARTS) is 1. The van der Waals surface area contributed by atoms with Gasteiger partial charge in [-0.05, 0) is 36.1 Å². The third kappa shape index (κ3) is 3.65. The molecular formula is C20H20NO3-. The maximum atomic E-state index is 12.4. The van der Waals surface area contributed by atoms with Gasteiger partial charge < -0.3 is 15.2 Å². The number of carbonyl (C=O) groups excluding carboxylic acids is 2. The molecule has 0 spiro atoms. The fourth-order valence-electron chi connectivity index (χ4n) is 3.34. The number of anilines is 1. The Morgan fingerprint density at radius 3 is 2.04 bits per heavy atom. The van der Waals surface area contributed by atoms with Crippen LogP contribution in [0.25, 0.3) is 11.1 Å². The van der Waals surface area contributed by atoms with Gasteiger partial charge in [0.15, 0.2) is 0 Å². The van der Waals surface area contributed by atoms with Crippen molar-refractivity contribution in [3.63, 3.8) is 0 Å². The van der Waals surface area contributed by atoms with Crippen molar-refractivity contribution in [3.05, 3.63) is 54.6 Å². The summed E-state index contributed by atoms with van der Waals surface area (Å²) in [6, 6.07) is 17.6. The third-order valence-electron chi connectivity index (χ3n) is 4.67. The van der Waals surface area contributed by atoms with Crippen LogP contribution in [0.2, 0.25) is 0 Å². The predicted molar refractivity (Wildman–Crippen MR) is 91.0 cm³/mol. The van der Waals surface area contributed by atoms with Gasteiger partial charge in [0, 0.05) is 23.5 Å². The normalized spacial score (nSPS) is 20.3. The van der Waals surface area contributed by atoms with E-state index in [1.54, 1.807) is 0 Å². The first-order chi connectivity index (χ1) is 11.6. The molecule has 1 N–H and O–H groups in total. The average Bonchev–Trinajstić information content (AvgIpc) is 2.63. The maximum absolute atomic E-state index is 12.4. The van der Waals surface area contributed by atoms with E-state index in [1.165, 1.54) is 0 Å². The van der Waals surface area contributed by atoms with E-state index in [0.29, 0.717) is 18.5 Å². The van der Waals surface area contributed by atoms with Crippen LogP contribution in [0.4, 0.5) is 5.69 Å². The van der Waals surface area contributed by atoms with Crippen LogP contribution in [-0.2, 0) is 9.59 Å². The number of amides is 1. The van der Waals surface area contributed by atoms with Crippen molar-refractivity contribution in [1.82, 2.24) is 0 Å². The zero-order valence-electron chi connectivity index (χ0n) is 13.4. The van der Waals surface area contributed by atoms with Crippen LogP contribution in [-0.4, -0.2) is 11.9 Å². The van der Waals surface area contributed by atoms with Crippen molar-refractivity contribution in [2.75, 3.05) is 5.32 Å². The molecule has 0 aromatic heterocycles. The minimum atomic E-state index is -1.12. The highest BCUT2D eigenvalue weighted by atomic mass is 16.4. The Morgan fingerprint density at radius 2 is 1.42 bits per heavy atom. The van der Waals surface area contributed by atoms with Crippen LogP contribution in [0.5, 0.6) is 0 Å². The SMILES string of the molecule is O=C([O-])[C@H]1CCCC[C@@H]1C(=O)Nc1ccc(-c2ccccc2)cc1. The van der Waals surface area contributed by atoms with Crippen molar-refractivity contribution in [2.24, 2.45) is 11.8 Å². The van der Waals surface area contributed by atoms with Crippen molar-refractivity contribution >= 4 is 17.6 Å². The number of carbonyl (C=O) groups is 2. The van der Waals surface area contributed by atoms with Crippen LogP contribution in [0.15, 0.2) is 54.6 Å². The highest BCUT2D eigenvalue weighted by molar-refractivity contribution is 5.95. The molecule has 1 saturated carbocycles. The van der Waals surface area contributed by atoms with Gasteiger partial charge in [-0.1, -0.05) is 55.3 Å². The zero-order chi connectivity index (χ0) is 16.9. The second-order valence-electron chi connectivity index (χ2n) is 6.25. The predicted octanol–water partition coefficient (Wildman–Crippen LogP) is 2.85. The summed E-state index contributed by atoms with van der Waals surface area (Å²) in [5, 5.41) is 14.1. The van der Waals surface area contributed by atoms with Gasteiger partial charge in [-0.3, -0.25) is 4.79 Å². The summed E-state index contributed by atoms with van der Waals surface area (Å²) in [7, 11) is 0.